The van der Waals surface area contributed by atoms with Gasteiger partial charge in [0.1, 0.15) is 5.75 Å². The van der Waals surface area contributed by atoms with E-state index in [-0.39, 0.29) is 41.7 Å². The normalized spacial score (nSPS) is 24.9. The van der Waals surface area contributed by atoms with Crippen LogP contribution in [0.4, 0.5) is 0 Å². The van der Waals surface area contributed by atoms with Crippen molar-refractivity contribution in [3.05, 3.63) is 65.2 Å². The van der Waals surface area contributed by atoms with Gasteiger partial charge in [0.2, 0.25) is 5.91 Å². The molecule has 2 aromatic rings. The van der Waals surface area contributed by atoms with Crippen molar-refractivity contribution in [1.29, 1.82) is 0 Å². The summed E-state index contributed by atoms with van der Waals surface area (Å²) in [7, 11) is 0. The fraction of sp³-hybridized carbons (Fsp3) is 0.500. The summed E-state index contributed by atoms with van der Waals surface area (Å²) in [6.07, 6.45) is 5.37. The lowest BCUT2D eigenvalue weighted by molar-refractivity contribution is -0.132. The van der Waals surface area contributed by atoms with Crippen LogP contribution >= 0.6 is 0 Å². The van der Waals surface area contributed by atoms with E-state index >= 15 is 0 Å². The van der Waals surface area contributed by atoms with Gasteiger partial charge in [-0.05, 0) is 55.4 Å². The molecule has 5 rings (SSSR count). The van der Waals surface area contributed by atoms with Crippen LogP contribution < -0.4 is 15.8 Å². The Labute approximate surface area is 219 Å². The second-order valence-electron chi connectivity index (χ2n) is 11.2. The molecular weight excluding hydrogens is 464 g/mol. The molecule has 7 heteroatoms. The Morgan fingerprint density at radius 1 is 1.14 bits per heavy atom. The van der Waals surface area contributed by atoms with Gasteiger partial charge in [-0.1, -0.05) is 57.0 Å². The fourth-order valence-corrected chi connectivity index (χ4v) is 6.01. The number of nitrogens with zero attached hydrogens (tertiary/aromatic N) is 2. The zero-order valence-corrected chi connectivity index (χ0v) is 22.1. The lowest BCUT2D eigenvalue weighted by Gasteiger charge is -2.42. The molecule has 2 aliphatic heterocycles. The average molecular weight is 503 g/mol. The molecule has 196 valence electrons. The highest BCUT2D eigenvalue weighted by Crippen LogP contribution is 2.42. The molecule has 1 fully saturated rings. The number of fused-ring (bicyclic) bond motifs is 1. The molecule has 2 heterocycles. The molecule has 0 spiro atoms. The molecule has 3 atom stereocenters. The van der Waals surface area contributed by atoms with E-state index in [0.717, 1.165) is 49.0 Å². The van der Waals surface area contributed by atoms with Crippen molar-refractivity contribution < 1.29 is 14.3 Å². The van der Waals surface area contributed by atoms with E-state index in [2.05, 4.69) is 19.2 Å². The van der Waals surface area contributed by atoms with Crippen molar-refractivity contribution in [1.82, 2.24) is 10.2 Å². The van der Waals surface area contributed by atoms with E-state index < -0.39 is 5.54 Å². The molecule has 0 radical (unpaired) electrons. The smallest absolute Gasteiger partial charge is 0.251 e. The van der Waals surface area contributed by atoms with E-state index in [0.29, 0.717) is 18.6 Å². The van der Waals surface area contributed by atoms with Crippen LogP contribution in [-0.4, -0.2) is 34.8 Å². The number of nitrogens with one attached hydrogen (secondary N) is 1. The quantitative estimate of drug-likeness (QED) is 0.572. The predicted molar refractivity (Wildman–Crippen MR) is 144 cm³/mol. The monoisotopic (exact) mass is 502 g/mol. The summed E-state index contributed by atoms with van der Waals surface area (Å²) in [6.45, 7) is 6.72. The Bertz CT molecular complexity index is 1200. The van der Waals surface area contributed by atoms with Crippen molar-refractivity contribution >= 4 is 17.8 Å². The summed E-state index contributed by atoms with van der Waals surface area (Å²) >= 11 is 0. The molecule has 0 aromatic heterocycles. The standard InChI is InChI=1S/C30H38N4O3/c1-19(2)30(3)18-26(35)34(29(31)33-30)27(20-9-4-5-10-20)21-11-8-12-22(17-21)28(36)32-24-15-16-37-25-14-7-6-13-23(24)25/h6-8,11-14,17,19-20,24,27H,4-5,9-10,15-16,18H2,1-3H3,(H2,31,33)(H,32,36)/t24-,27?,30-/m0/s1. The Kier molecular flexibility index (Phi) is 6.97. The number of benzene rings is 2. The van der Waals surface area contributed by atoms with Crippen LogP contribution in [-0.2, 0) is 4.79 Å². The molecule has 1 unspecified atom stereocenters. The number of rotatable bonds is 6. The molecule has 37 heavy (non-hydrogen) atoms. The lowest BCUT2D eigenvalue weighted by Crippen LogP contribution is -2.54. The Morgan fingerprint density at radius 2 is 1.89 bits per heavy atom. The van der Waals surface area contributed by atoms with Crippen LogP contribution in [0.3, 0.4) is 0 Å². The van der Waals surface area contributed by atoms with Crippen LogP contribution in [0, 0.1) is 11.8 Å². The van der Waals surface area contributed by atoms with Gasteiger partial charge in [0.05, 0.1) is 30.7 Å². The third-order valence-corrected chi connectivity index (χ3v) is 8.52. The highest BCUT2D eigenvalue weighted by atomic mass is 16.5. The third-order valence-electron chi connectivity index (χ3n) is 8.52. The summed E-state index contributed by atoms with van der Waals surface area (Å²) in [4.78, 5) is 33.5. The first kappa shape index (κ1) is 25.3. The van der Waals surface area contributed by atoms with Crippen LogP contribution in [0.1, 0.15) is 92.9 Å². The minimum atomic E-state index is -0.500. The zero-order valence-electron chi connectivity index (χ0n) is 22.1. The van der Waals surface area contributed by atoms with Crippen LogP contribution in [0.2, 0.25) is 0 Å². The summed E-state index contributed by atoms with van der Waals surface area (Å²) < 4.78 is 5.75. The molecule has 7 nitrogen and oxygen atoms in total. The van der Waals surface area contributed by atoms with Crippen molar-refractivity contribution in [2.45, 2.75) is 76.9 Å². The van der Waals surface area contributed by atoms with E-state index in [9.17, 15) is 9.59 Å². The Balaban J connectivity index is 1.44. The minimum Gasteiger partial charge on any atom is -0.493 e. The van der Waals surface area contributed by atoms with Gasteiger partial charge in [-0.3, -0.25) is 14.5 Å². The zero-order chi connectivity index (χ0) is 26.2. The first-order valence-corrected chi connectivity index (χ1v) is 13.6. The number of guanidine groups is 1. The summed E-state index contributed by atoms with van der Waals surface area (Å²) in [5.41, 5.74) is 8.53. The number of amides is 2. The average Bonchev–Trinajstić information content (AvgIpc) is 3.41. The number of carbonyl (C=O) groups excluding carboxylic acids is 2. The fourth-order valence-electron chi connectivity index (χ4n) is 6.01. The molecular formula is C30H38N4O3. The third kappa shape index (κ3) is 4.96. The molecule has 0 saturated heterocycles. The van der Waals surface area contributed by atoms with Crippen molar-refractivity contribution in [3.63, 3.8) is 0 Å². The van der Waals surface area contributed by atoms with Gasteiger partial charge < -0.3 is 15.8 Å². The predicted octanol–water partition coefficient (Wildman–Crippen LogP) is 5.13. The molecule has 0 bridgehead atoms. The number of hydrogen-bond acceptors (Lipinski definition) is 5. The van der Waals surface area contributed by atoms with E-state index in [1.165, 1.54) is 0 Å². The van der Waals surface area contributed by atoms with Gasteiger partial charge in [0.25, 0.3) is 5.91 Å². The highest BCUT2D eigenvalue weighted by molar-refractivity contribution is 6.00. The van der Waals surface area contributed by atoms with E-state index in [1.54, 1.807) is 4.90 Å². The van der Waals surface area contributed by atoms with Gasteiger partial charge in [-0.15, -0.1) is 0 Å². The van der Waals surface area contributed by atoms with Gasteiger partial charge >= 0.3 is 0 Å². The Hall–Kier alpha value is -3.35. The van der Waals surface area contributed by atoms with Gasteiger partial charge in [0.15, 0.2) is 5.96 Å². The summed E-state index contributed by atoms with van der Waals surface area (Å²) in [5.74, 6) is 1.46. The lowest BCUT2D eigenvalue weighted by atomic mass is 9.82. The van der Waals surface area contributed by atoms with E-state index in [1.807, 2.05) is 55.5 Å². The van der Waals surface area contributed by atoms with Crippen LogP contribution in [0.15, 0.2) is 53.5 Å². The molecule has 2 amide bonds. The number of nitrogens with two attached hydrogens (primary N) is 1. The summed E-state index contributed by atoms with van der Waals surface area (Å²) in [6, 6.07) is 15.2. The second kappa shape index (κ2) is 10.2. The van der Waals surface area contributed by atoms with Crippen molar-refractivity contribution in [3.8, 4) is 5.75 Å². The maximum absolute atomic E-state index is 13.6. The first-order valence-electron chi connectivity index (χ1n) is 13.6. The Morgan fingerprint density at radius 3 is 2.62 bits per heavy atom. The number of carbonyl (C=O) groups is 2. The number of hydrogen-bond donors (Lipinski definition) is 2. The maximum atomic E-state index is 13.6. The minimum absolute atomic E-state index is 0.00858. The maximum Gasteiger partial charge on any atom is 0.251 e. The second-order valence-corrected chi connectivity index (χ2v) is 11.2. The SMILES string of the molecule is CC(C)[C@]1(C)CC(=O)N(C(c2cccc(C(=O)N[C@H]3CCOc4ccccc43)c2)C2CCCC2)C(N)=N1. The van der Waals surface area contributed by atoms with Gasteiger partial charge in [-0.2, -0.15) is 0 Å². The largest absolute Gasteiger partial charge is 0.493 e. The summed E-state index contributed by atoms with van der Waals surface area (Å²) in [5, 5.41) is 3.20. The number of ether oxygens (including phenoxy) is 1. The van der Waals surface area contributed by atoms with Crippen LogP contribution in [0.5, 0.6) is 5.75 Å². The molecule has 2 aromatic carbocycles. The molecule has 1 aliphatic carbocycles. The number of aliphatic imine (C=N–C) groups is 1. The molecule has 1 saturated carbocycles. The van der Waals surface area contributed by atoms with Crippen molar-refractivity contribution in [2.24, 2.45) is 22.6 Å². The molecule has 3 aliphatic rings. The van der Waals surface area contributed by atoms with Crippen molar-refractivity contribution in [2.75, 3.05) is 6.61 Å². The van der Waals surface area contributed by atoms with Crippen LogP contribution in [0.25, 0.3) is 0 Å². The highest BCUT2D eigenvalue weighted by Gasteiger charge is 2.43. The molecule has 3 N–H and O–H groups in total. The topological polar surface area (TPSA) is 97.0 Å². The van der Waals surface area contributed by atoms with Gasteiger partial charge in [0, 0.05) is 17.5 Å². The number of para-hydroxylation sites is 1. The first-order chi connectivity index (χ1) is 17.8. The van der Waals surface area contributed by atoms with Gasteiger partial charge in [-0.25, -0.2) is 4.99 Å². The van der Waals surface area contributed by atoms with E-state index in [4.69, 9.17) is 15.5 Å².